The van der Waals surface area contributed by atoms with Crippen LogP contribution >= 0.6 is 0 Å². The summed E-state index contributed by atoms with van der Waals surface area (Å²) in [6, 6.07) is 7.55. The average molecular weight is 423 g/mol. The van der Waals surface area contributed by atoms with Gasteiger partial charge in [-0.1, -0.05) is 38.5 Å². The molecule has 4 N–H and O–H groups in total. The summed E-state index contributed by atoms with van der Waals surface area (Å²) in [4.78, 5) is 37.6. The van der Waals surface area contributed by atoms with Gasteiger partial charge in [0.1, 0.15) is 0 Å². The molecule has 8 nitrogen and oxygen atoms in total. The maximum absolute atomic E-state index is 13.6. The summed E-state index contributed by atoms with van der Waals surface area (Å²) in [7, 11) is -4.09. The zero-order chi connectivity index (χ0) is 21.8. The van der Waals surface area contributed by atoms with Gasteiger partial charge in [0, 0.05) is 5.92 Å². The van der Waals surface area contributed by atoms with Crippen LogP contribution < -0.4 is 5.73 Å². The summed E-state index contributed by atoms with van der Waals surface area (Å²) in [5.41, 5.74) is 1.94. The Kier molecular flexibility index (Phi) is 5.11. The van der Waals surface area contributed by atoms with E-state index in [1.165, 1.54) is 12.1 Å². The van der Waals surface area contributed by atoms with E-state index in [-0.39, 0.29) is 17.7 Å². The fourth-order valence-electron chi connectivity index (χ4n) is 6.20. The predicted molar refractivity (Wildman–Crippen MR) is 103 cm³/mol. The molecule has 0 aromatic heterocycles. The molecular formula is C20H25NO7S. The number of hydrogen-bond donors (Lipinski definition) is 3. The van der Waals surface area contributed by atoms with E-state index in [4.69, 9.17) is 5.73 Å². The highest BCUT2D eigenvalue weighted by atomic mass is 32.2. The Labute approximate surface area is 169 Å². The third-order valence-corrected chi connectivity index (χ3v) is 9.38. The van der Waals surface area contributed by atoms with Gasteiger partial charge in [-0.15, -0.1) is 0 Å². The maximum atomic E-state index is 13.6. The lowest BCUT2D eigenvalue weighted by atomic mass is 9.61. The highest BCUT2D eigenvalue weighted by Crippen LogP contribution is 2.80. The van der Waals surface area contributed by atoms with Crippen LogP contribution in [0.25, 0.3) is 0 Å². The van der Waals surface area contributed by atoms with E-state index >= 15 is 0 Å². The number of hydrogen-bond acceptors (Lipinski definition) is 6. The molecule has 2 aliphatic rings. The molecule has 0 saturated heterocycles. The van der Waals surface area contributed by atoms with Crippen LogP contribution in [0.2, 0.25) is 0 Å². The van der Waals surface area contributed by atoms with E-state index < -0.39 is 67.9 Å². The quantitative estimate of drug-likeness (QED) is 0.564. The number of Topliss-reactive ketones (excluding diaryl/α,β-unsaturated/α-hetero) is 1. The van der Waals surface area contributed by atoms with E-state index in [1.807, 2.05) is 0 Å². The smallest absolute Gasteiger partial charge is 0.311 e. The Morgan fingerprint density at radius 1 is 1.10 bits per heavy atom. The molecule has 1 aromatic carbocycles. The standard InChI is InChI=1S/C20H25NO7S/c1-3-12-16(29(27,28)11-8-6-5-7-9-11)14-15(17(23)24)20(14,13(22)10-21)19(12,4-2)18(25)26/h5-9,12,14-16H,3-4,10,21H2,1-2H3,(H,23,24)(H,25,26). The van der Waals surface area contributed by atoms with Crippen LogP contribution in [0.15, 0.2) is 35.2 Å². The second-order valence-electron chi connectivity index (χ2n) is 7.81. The zero-order valence-electron chi connectivity index (χ0n) is 16.2. The van der Waals surface area contributed by atoms with E-state index in [9.17, 15) is 33.0 Å². The monoisotopic (exact) mass is 423 g/mol. The minimum absolute atomic E-state index is 0.00845. The number of ketones is 1. The van der Waals surface area contributed by atoms with Gasteiger partial charge in [-0.25, -0.2) is 8.42 Å². The van der Waals surface area contributed by atoms with Crippen molar-refractivity contribution < 1.29 is 33.0 Å². The Bertz CT molecular complexity index is 960. The highest BCUT2D eigenvalue weighted by Gasteiger charge is 2.91. The number of benzene rings is 1. The summed E-state index contributed by atoms with van der Waals surface area (Å²) in [6.45, 7) is 2.70. The molecule has 0 spiro atoms. The van der Waals surface area contributed by atoms with Crippen LogP contribution in [-0.2, 0) is 24.2 Å². The normalized spacial score (nSPS) is 35.7. The molecule has 158 valence electrons. The van der Waals surface area contributed by atoms with Crippen molar-refractivity contribution in [2.75, 3.05) is 6.54 Å². The second-order valence-corrected chi connectivity index (χ2v) is 9.91. The van der Waals surface area contributed by atoms with Crippen LogP contribution in [0, 0.1) is 28.6 Å². The molecule has 9 heteroatoms. The van der Waals surface area contributed by atoms with Gasteiger partial charge in [0.2, 0.25) is 0 Å². The molecule has 29 heavy (non-hydrogen) atoms. The number of rotatable bonds is 8. The van der Waals surface area contributed by atoms with Crippen molar-refractivity contribution in [3.8, 4) is 0 Å². The molecule has 3 rings (SSSR count). The first kappa shape index (κ1) is 21.4. The number of nitrogens with two attached hydrogens (primary N) is 1. The van der Waals surface area contributed by atoms with Gasteiger partial charge in [-0.2, -0.15) is 0 Å². The van der Waals surface area contributed by atoms with Crippen molar-refractivity contribution in [2.45, 2.75) is 36.8 Å². The molecule has 2 saturated carbocycles. The number of fused-ring (bicyclic) bond motifs is 1. The van der Waals surface area contributed by atoms with E-state index in [0.29, 0.717) is 0 Å². The van der Waals surface area contributed by atoms with Gasteiger partial charge in [0.25, 0.3) is 0 Å². The summed E-state index contributed by atoms with van der Waals surface area (Å²) in [5, 5.41) is 18.8. The first-order chi connectivity index (χ1) is 13.6. The van der Waals surface area contributed by atoms with Crippen molar-refractivity contribution >= 4 is 27.6 Å². The number of carbonyl (C=O) groups excluding carboxylic acids is 1. The third-order valence-electron chi connectivity index (χ3n) is 7.11. The topological polar surface area (TPSA) is 152 Å². The first-order valence-electron chi connectivity index (χ1n) is 9.59. The fraction of sp³-hybridized carbons (Fsp3) is 0.550. The highest BCUT2D eigenvalue weighted by molar-refractivity contribution is 7.92. The summed E-state index contributed by atoms with van der Waals surface area (Å²) in [6.07, 6.45) is 0.118. The summed E-state index contributed by atoms with van der Waals surface area (Å²) < 4.78 is 27.1. The van der Waals surface area contributed by atoms with Gasteiger partial charge < -0.3 is 15.9 Å². The molecular weight excluding hydrogens is 398 g/mol. The van der Waals surface area contributed by atoms with Crippen LogP contribution in [0.1, 0.15) is 26.7 Å². The fourth-order valence-corrected chi connectivity index (χ4v) is 8.67. The molecule has 0 amide bonds. The minimum Gasteiger partial charge on any atom is -0.481 e. The molecule has 0 bridgehead atoms. The predicted octanol–water partition coefficient (Wildman–Crippen LogP) is 1.19. The summed E-state index contributed by atoms with van der Waals surface area (Å²) in [5.74, 6) is -6.82. The number of carboxylic acids is 2. The van der Waals surface area contributed by atoms with Crippen molar-refractivity contribution in [1.29, 1.82) is 0 Å². The number of carbonyl (C=O) groups is 3. The largest absolute Gasteiger partial charge is 0.481 e. The van der Waals surface area contributed by atoms with E-state index in [1.54, 1.807) is 32.0 Å². The molecule has 1 aromatic rings. The Balaban J connectivity index is 2.34. The first-order valence-corrected chi connectivity index (χ1v) is 11.1. The molecule has 6 atom stereocenters. The van der Waals surface area contributed by atoms with Crippen LogP contribution in [0.4, 0.5) is 0 Å². The van der Waals surface area contributed by atoms with Crippen molar-refractivity contribution in [1.82, 2.24) is 0 Å². The van der Waals surface area contributed by atoms with Crippen molar-refractivity contribution in [3.05, 3.63) is 30.3 Å². The van der Waals surface area contributed by atoms with Gasteiger partial charge in [0.15, 0.2) is 15.6 Å². The molecule has 6 unspecified atom stereocenters. The van der Waals surface area contributed by atoms with Crippen LogP contribution in [-0.4, -0.2) is 48.1 Å². The Hall–Kier alpha value is -2.26. The number of sulfone groups is 1. The summed E-state index contributed by atoms with van der Waals surface area (Å²) >= 11 is 0. The molecule has 0 heterocycles. The lowest BCUT2D eigenvalue weighted by molar-refractivity contribution is -0.164. The molecule has 2 aliphatic carbocycles. The van der Waals surface area contributed by atoms with Gasteiger partial charge in [0.05, 0.1) is 33.4 Å². The van der Waals surface area contributed by atoms with E-state index in [0.717, 1.165) is 0 Å². The van der Waals surface area contributed by atoms with Crippen molar-refractivity contribution in [2.24, 2.45) is 34.3 Å². The van der Waals surface area contributed by atoms with Crippen LogP contribution in [0.3, 0.4) is 0 Å². The molecule has 0 aliphatic heterocycles. The third kappa shape index (κ3) is 2.40. The molecule has 2 fully saturated rings. The van der Waals surface area contributed by atoms with Gasteiger partial charge in [-0.3, -0.25) is 14.4 Å². The lowest BCUT2D eigenvalue weighted by Gasteiger charge is -2.40. The van der Waals surface area contributed by atoms with Crippen molar-refractivity contribution in [3.63, 3.8) is 0 Å². The second kappa shape index (κ2) is 6.91. The Morgan fingerprint density at radius 2 is 1.69 bits per heavy atom. The van der Waals surface area contributed by atoms with Gasteiger partial charge >= 0.3 is 11.9 Å². The maximum Gasteiger partial charge on any atom is 0.311 e. The lowest BCUT2D eigenvalue weighted by Crippen LogP contribution is -2.52. The SMILES string of the molecule is CCC1C(S(=O)(=O)c2ccccc2)C2C(C(=O)O)C2(C(=O)CN)C1(CC)C(=O)O. The van der Waals surface area contributed by atoms with E-state index in [2.05, 4.69) is 0 Å². The molecule has 0 radical (unpaired) electrons. The average Bonchev–Trinajstić information content (AvgIpc) is 3.30. The van der Waals surface area contributed by atoms with Crippen LogP contribution in [0.5, 0.6) is 0 Å². The van der Waals surface area contributed by atoms with Gasteiger partial charge in [-0.05, 0) is 24.5 Å². The number of carboxylic acid groups (broad SMARTS) is 2. The zero-order valence-corrected chi connectivity index (χ0v) is 17.1. The Morgan fingerprint density at radius 3 is 2.10 bits per heavy atom. The minimum atomic E-state index is -4.09. The number of aliphatic carboxylic acids is 2.